The molecule has 0 radical (unpaired) electrons. The maximum Gasteiger partial charge on any atom is 0.321 e. The van der Waals surface area contributed by atoms with Crippen molar-refractivity contribution >= 4 is 17.6 Å². The van der Waals surface area contributed by atoms with Crippen LogP contribution in [0.5, 0.6) is 0 Å². The molecule has 1 aromatic rings. The molecule has 1 saturated heterocycles. The topological polar surface area (TPSA) is 61.4 Å². The Morgan fingerprint density at radius 3 is 2.48 bits per heavy atom. The third-order valence-corrected chi connectivity index (χ3v) is 4.72. The molecule has 0 atom stereocenters. The molecule has 2 aliphatic rings. The van der Waals surface area contributed by atoms with E-state index < -0.39 is 0 Å². The molecule has 2 N–H and O–H groups in total. The van der Waals surface area contributed by atoms with E-state index in [4.69, 9.17) is 0 Å². The van der Waals surface area contributed by atoms with Gasteiger partial charge in [0.25, 0.3) is 0 Å². The van der Waals surface area contributed by atoms with E-state index in [1.165, 1.54) is 0 Å². The molecule has 5 nitrogen and oxygen atoms in total. The minimum atomic E-state index is -0.0436. The van der Waals surface area contributed by atoms with Crippen molar-refractivity contribution in [3.8, 4) is 0 Å². The van der Waals surface area contributed by atoms with E-state index in [9.17, 15) is 9.59 Å². The van der Waals surface area contributed by atoms with Crippen molar-refractivity contribution in [2.45, 2.75) is 45.1 Å². The SMILES string of the molecule is CCc1ccccc1NC(=O)N1CCC(NC(=O)C2CC2)CC1. The van der Waals surface area contributed by atoms with Gasteiger partial charge in [0.1, 0.15) is 0 Å². The smallest absolute Gasteiger partial charge is 0.321 e. The average Bonchev–Trinajstić information content (AvgIpc) is 3.41. The summed E-state index contributed by atoms with van der Waals surface area (Å²) in [6.45, 7) is 3.46. The van der Waals surface area contributed by atoms with Gasteiger partial charge in [-0.1, -0.05) is 25.1 Å². The van der Waals surface area contributed by atoms with Gasteiger partial charge in [-0.2, -0.15) is 0 Å². The Kier molecular flexibility index (Phi) is 4.84. The van der Waals surface area contributed by atoms with E-state index >= 15 is 0 Å². The normalized spacial score (nSPS) is 18.6. The second-order valence-electron chi connectivity index (χ2n) is 6.49. The van der Waals surface area contributed by atoms with Crippen LogP contribution in [0.1, 0.15) is 38.2 Å². The van der Waals surface area contributed by atoms with E-state index in [2.05, 4.69) is 17.6 Å². The largest absolute Gasteiger partial charge is 0.353 e. The van der Waals surface area contributed by atoms with Crippen molar-refractivity contribution < 1.29 is 9.59 Å². The molecular formula is C18H25N3O2. The molecular weight excluding hydrogens is 290 g/mol. The monoisotopic (exact) mass is 315 g/mol. The highest BCUT2D eigenvalue weighted by Crippen LogP contribution is 2.29. The lowest BCUT2D eigenvalue weighted by Gasteiger charge is -2.32. The molecule has 0 aromatic heterocycles. The lowest BCUT2D eigenvalue weighted by atomic mass is 10.0. The quantitative estimate of drug-likeness (QED) is 0.897. The van der Waals surface area contributed by atoms with E-state index in [0.717, 1.165) is 43.4 Å². The van der Waals surface area contributed by atoms with Gasteiger partial charge in [-0.25, -0.2) is 4.79 Å². The van der Waals surface area contributed by atoms with E-state index in [0.29, 0.717) is 13.1 Å². The number of nitrogens with zero attached hydrogens (tertiary/aromatic N) is 1. The highest BCUT2D eigenvalue weighted by Gasteiger charge is 2.32. The molecule has 0 bridgehead atoms. The minimum Gasteiger partial charge on any atom is -0.353 e. The van der Waals surface area contributed by atoms with Crippen LogP contribution >= 0.6 is 0 Å². The second kappa shape index (κ2) is 7.02. The van der Waals surface area contributed by atoms with Crippen LogP contribution in [0.2, 0.25) is 0 Å². The van der Waals surface area contributed by atoms with Crippen LogP contribution in [0, 0.1) is 5.92 Å². The Morgan fingerprint density at radius 1 is 1.13 bits per heavy atom. The number of piperidine rings is 1. The lowest BCUT2D eigenvalue weighted by Crippen LogP contribution is -2.48. The first-order chi connectivity index (χ1) is 11.2. The number of hydrogen-bond acceptors (Lipinski definition) is 2. The number of nitrogens with one attached hydrogen (secondary N) is 2. The van der Waals surface area contributed by atoms with Gasteiger partial charge in [0.05, 0.1) is 0 Å². The maximum absolute atomic E-state index is 12.4. The molecule has 5 heteroatoms. The summed E-state index contributed by atoms with van der Waals surface area (Å²) in [6, 6.07) is 8.08. The van der Waals surface area contributed by atoms with Gasteiger partial charge in [-0.05, 0) is 43.7 Å². The molecule has 0 unspecified atom stereocenters. The summed E-state index contributed by atoms with van der Waals surface area (Å²) in [5.41, 5.74) is 2.04. The Labute approximate surface area is 137 Å². The fraction of sp³-hybridized carbons (Fsp3) is 0.556. The highest BCUT2D eigenvalue weighted by molar-refractivity contribution is 5.90. The number of para-hydroxylation sites is 1. The van der Waals surface area contributed by atoms with Crippen molar-refractivity contribution in [1.82, 2.24) is 10.2 Å². The summed E-state index contributed by atoms with van der Waals surface area (Å²) in [5, 5.41) is 6.13. The van der Waals surface area contributed by atoms with Gasteiger partial charge in [0, 0.05) is 30.7 Å². The lowest BCUT2D eigenvalue weighted by molar-refractivity contribution is -0.123. The van der Waals surface area contributed by atoms with Crippen molar-refractivity contribution in [2.24, 2.45) is 5.92 Å². The van der Waals surface area contributed by atoms with E-state index in [1.807, 2.05) is 29.2 Å². The van der Waals surface area contributed by atoms with Gasteiger partial charge in [0.2, 0.25) is 5.91 Å². The first-order valence-electron chi connectivity index (χ1n) is 8.61. The predicted molar refractivity (Wildman–Crippen MR) is 90.3 cm³/mol. The Morgan fingerprint density at radius 2 is 1.83 bits per heavy atom. The molecule has 2 fully saturated rings. The molecule has 124 valence electrons. The highest BCUT2D eigenvalue weighted by atomic mass is 16.2. The Bertz CT molecular complexity index is 575. The number of likely N-dealkylation sites (tertiary alicyclic amines) is 1. The van der Waals surface area contributed by atoms with Crippen LogP contribution in [0.15, 0.2) is 24.3 Å². The number of benzene rings is 1. The third kappa shape index (κ3) is 4.03. The summed E-state index contributed by atoms with van der Waals surface area (Å²) in [5.74, 6) is 0.451. The van der Waals surface area contributed by atoms with E-state index in [-0.39, 0.29) is 23.9 Å². The summed E-state index contributed by atoms with van der Waals surface area (Å²) in [6.07, 6.45) is 4.63. The first-order valence-corrected chi connectivity index (χ1v) is 8.61. The summed E-state index contributed by atoms with van der Waals surface area (Å²) >= 11 is 0. The molecule has 1 aromatic carbocycles. The zero-order valence-corrected chi connectivity index (χ0v) is 13.7. The average molecular weight is 315 g/mol. The summed E-state index contributed by atoms with van der Waals surface area (Å²) in [7, 11) is 0. The van der Waals surface area contributed by atoms with Gasteiger partial charge in [0.15, 0.2) is 0 Å². The van der Waals surface area contributed by atoms with Crippen molar-refractivity contribution in [3.63, 3.8) is 0 Å². The number of anilines is 1. The maximum atomic E-state index is 12.4. The molecule has 1 aliphatic carbocycles. The molecule has 1 heterocycles. The number of amides is 3. The molecule has 1 saturated carbocycles. The summed E-state index contributed by atoms with van der Waals surface area (Å²) < 4.78 is 0. The Balaban J connectivity index is 1.49. The van der Waals surface area contributed by atoms with Gasteiger partial charge >= 0.3 is 6.03 Å². The van der Waals surface area contributed by atoms with Crippen LogP contribution < -0.4 is 10.6 Å². The zero-order chi connectivity index (χ0) is 16.2. The van der Waals surface area contributed by atoms with Crippen LogP contribution in [0.4, 0.5) is 10.5 Å². The minimum absolute atomic E-state index is 0.0436. The second-order valence-corrected chi connectivity index (χ2v) is 6.49. The first kappa shape index (κ1) is 15.8. The fourth-order valence-corrected chi connectivity index (χ4v) is 3.04. The molecule has 1 aliphatic heterocycles. The molecule has 0 spiro atoms. The van der Waals surface area contributed by atoms with Crippen molar-refractivity contribution in [3.05, 3.63) is 29.8 Å². The number of rotatable bonds is 4. The summed E-state index contributed by atoms with van der Waals surface area (Å²) in [4.78, 5) is 26.0. The molecule has 3 amide bonds. The van der Waals surface area contributed by atoms with Gasteiger partial charge < -0.3 is 15.5 Å². The number of hydrogen-bond donors (Lipinski definition) is 2. The standard InChI is InChI=1S/C18H25N3O2/c1-2-13-5-3-4-6-16(13)20-18(23)21-11-9-15(10-12-21)19-17(22)14-7-8-14/h3-6,14-15H,2,7-12H2,1H3,(H,19,22)(H,20,23). The predicted octanol–water partition coefficient (Wildman–Crippen LogP) is 2.77. The van der Waals surface area contributed by atoms with Crippen LogP contribution in [0.25, 0.3) is 0 Å². The molecule has 3 rings (SSSR count). The fourth-order valence-electron chi connectivity index (χ4n) is 3.04. The Hall–Kier alpha value is -2.04. The zero-order valence-electron chi connectivity index (χ0n) is 13.7. The van der Waals surface area contributed by atoms with Gasteiger partial charge in [-0.15, -0.1) is 0 Å². The van der Waals surface area contributed by atoms with Crippen molar-refractivity contribution in [1.29, 1.82) is 0 Å². The number of carbonyl (C=O) groups excluding carboxylic acids is 2. The van der Waals surface area contributed by atoms with Crippen LogP contribution in [-0.4, -0.2) is 36.0 Å². The van der Waals surface area contributed by atoms with Crippen LogP contribution in [0.3, 0.4) is 0 Å². The third-order valence-electron chi connectivity index (χ3n) is 4.72. The van der Waals surface area contributed by atoms with E-state index in [1.54, 1.807) is 0 Å². The number of urea groups is 1. The number of carbonyl (C=O) groups is 2. The van der Waals surface area contributed by atoms with Crippen LogP contribution in [-0.2, 0) is 11.2 Å². The number of aryl methyl sites for hydroxylation is 1. The van der Waals surface area contributed by atoms with Gasteiger partial charge in [-0.3, -0.25) is 4.79 Å². The van der Waals surface area contributed by atoms with Crippen molar-refractivity contribution in [2.75, 3.05) is 18.4 Å². The molecule has 23 heavy (non-hydrogen) atoms.